The quantitative estimate of drug-likeness (QED) is 0.278. The Labute approximate surface area is 165 Å². The summed E-state index contributed by atoms with van der Waals surface area (Å²) in [6, 6.07) is 0.819. The van der Waals surface area contributed by atoms with Gasteiger partial charge in [-0.15, -0.1) is 0 Å². The van der Waals surface area contributed by atoms with E-state index in [4.69, 9.17) is 11.1 Å². The van der Waals surface area contributed by atoms with Crippen LogP contribution in [0.2, 0.25) is 0 Å². The fourth-order valence-electron chi connectivity index (χ4n) is 3.50. The molecule has 0 radical (unpaired) electrons. The molecule has 1 aromatic carbocycles. The average Bonchev–Trinajstić information content (AvgIpc) is 2.71. The third-order valence-corrected chi connectivity index (χ3v) is 5.50. The van der Waals surface area contributed by atoms with Crippen molar-refractivity contribution in [2.45, 2.75) is 57.2 Å². The van der Waals surface area contributed by atoms with Crippen LogP contribution in [0.5, 0.6) is 0 Å². The number of hydrogen-bond acceptors (Lipinski definition) is 4. The summed E-state index contributed by atoms with van der Waals surface area (Å²) in [5.74, 6) is -3.54. The van der Waals surface area contributed by atoms with Crippen molar-refractivity contribution in [3.63, 3.8) is 0 Å². The van der Waals surface area contributed by atoms with Gasteiger partial charge in [0.25, 0.3) is 0 Å². The van der Waals surface area contributed by atoms with Crippen molar-refractivity contribution in [2.24, 2.45) is 11.7 Å². The molecule has 4 unspecified atom stereocenters. The number of hydrogen-bond donors (Lipinski definition) is 4. The molecule has 0 aromatic heterocycles. The summed E-state index contributed by atoms with van der Waals surface area (Å²) in [5, 5.41) is 14.7. The summed E-state index contributed by atoms with van der Waals surface area (Å²) in [6.07, 6.45) is 10.4. The molecule has 0 spiro atoms. The van der Waals surface area contributed by atoms with Gasteiger partial charge in [0.05, 0.1) is 11.8 Å². The number of rotatable bonds is 10. The predicted octanol–water partition coefficient (Wildman–Crippen LogP) is 3.50. The highest BCUT2D eigenvalue weighted by Crippen LogP contribution is 2.22. The summed E-state index contributed by atoms with van der Waals surface area (Å²) in [5.41, 5.74) is 5.91. The van der Waals surface area contributed by atoms with E-state index in [1.165, 1.54) is 19.3 Å². The van der Waals surface area contributed by atoms with E-state index in [0.717, 1.165) is 25.0 Å². The Kier molecular flexibility index (Phi) is 8.66. The van der Waals surface area contributed by atoms with Gasteiger partial charge in [0.1, 0.15) is 0 Å². The molecule has 5 N–H and O–H groups in total. The van der Waals surface area contributed by atoms with Gasteiger partial charge < -0.3 is 21.8 Å². The maximum Gasteiger partial charge on any atom is 0.194 e. The van der Waals surface area contributed by atoms with Crippen molar-refractivity contribution in [3.8, 4) is 0 Å². The molecule has 0 aliphatic heterocycles. The number of halogens is 3. The first-order chi connectivity index (χ1) is 13.3. The van der Waals surface area contributed by atoms with E-state index >= 15 is 0 Å². The molecule has 0 heterocycles. The first-order valence-corrected chi connectivity index (χ1v) is 9.89. The second kappa shape index (κ2) is 10.7. The van der Waals surface area contributed by atoms with Crippen LogP contribution < -0.4 is 16.4 Å². The molecule has 7 heteroatoms. The van der Waals surface area contributed by atoms with Crippen LogP contribution in [-0.4, -0.2) is 37.4 Å². The molecule has 0 bridgehead atoms. The molecule has 156 valence electrons. The van der Waals surface area contributed by atoms with Crippen molar-refractivity contribution in [1.29, 1.82) is 5.41 Å². The first kappa shape index (κ1) is 22.6. The Hall–Kier alpha value is -1.70. The number of allylic oxidation sites excluding steroid dienone is 2. The minimum atomic E-state index is -1.54. The topological polar surface area (TPSA) is 73.9 Å². The van der Waals surface area contributed by atoms with Gasteiger partial charge in [-0.25, -0.2) is 13.2 Å². The minimum absolute atomic E-state index is 0.0493. The highest BCUT2D eigenvalue weighted by atomic mass is 19.2. The van der Waals surface area contributed by atoms with Crippen molar-refractivity contribution < 1.29 is 13.2 Å². The van der Waals surface area contributed by atoms with Gasteiger partial charge in [0, 0.05) is 24.2 Å². The summed E-state index contributed by atoms with van der Waals surface area (Å²) in [6.45, 7) is 2.49. The SMILES string of the molecule is CNC(CCC1C=CCCC1)CNC(C)C(N)C(=N)c1cc(F)c(F)c(F)c1. The van der Waals surface area contributed by atoms with E-state index in [2.05, 4.69) is 22.8 Å². The van der Waals surface area contributed by atoms with Gasteiger partial charge in [-0.1, -0.05) is 12.2 Å². The normalized spacial score (nSPS) is 20.0. The molecule has 28 heavy (non-hydrogen) atoms. The Morgan fingerprint density at radius 3 is 2.54 bits per heavy atom. The van der Waals surface area contributed by atoms with Crippen LogP contribution >= 0.6 is 0 Å². The Bertz CT molecular complexity index is 669. The lowest BCUT2D eigenvalue weighted by Crippen LogP contribution is -2.51. The average molecular weight is 397 g/mol. The summed E-state index contributed by atoms with van der Waals surface area (Å²) in [7, 11) is 1.92. The molecule has 4 atom stereocenters. The van der Waals surface area contributed by atoms with Gasteiger partial charge in [-0.2, -0.15) is 0 Å². The van der Waals surface area contributed by atoms with E-state index in [1.54, 1.807) is 0 Å². The summed E-state index contributed by atoms with van der Waals surface area (Å²) in [4.78, 5) is 0. The smallest absolute Gasteiger partial charge is 0.194 e. The number of benzene rings is 1. The molecular formula is C21H31F3N4. The molecule has 1 aliphatic rings. The van der Waals surface area contributed by atoms with Crippen molar-refractivity contribution in [2.75, 3.05) is 13.6 Å². The molecule has 1 aromatic rings. The maximum absolute atomic E-state index is 13.4. The molecule has 0 saturated heterocycles. The minimum Gasteiger partial charge on any atom is -0.321 e. The lowest BCUT2D eigenvalue weighted by Gasteiger charge is -2.26. The third-order valence-electron chi connectivity index (χ3n) is 5.50. The number of likely N-dealkylation sites (N-methyl/N-ethyl adjacent to an activating group) is 1. The summed E-state index contributed by atoms with van der Waals surface area (Å²) < 4.78 is 40.0. The molecule has 4 nitrogen and oxygen atoms in total. The van der Waals surface area contributed by atoms with E-state index in [0.29, 0.717) is 12.5 Å². The zero-order chi connectivity index (χ0) is 20.7. The zero-order valence-electron chi connectivity index (χ0n) is 16.6. The highest BCUT2D eigenvalue weighted by molar-refractivity contribution is 6.02. The lowest BCUT2D eigenvalue weighted by molar-refractivity contribution is 0.394. The zero-order valence-corrected chi connectivity index (χ0v) is 16.6. The fourth-order valence-corrected chi connectivity index (χ4v) is 3.50. The van der Waals surface area contributed by atoms with Crippen LogP contribution in [0.4, 0.5) is 13.2 Å². The molecular weight excluding hydrogens is 365 g/mol. The fraction of sp³-hybridized carbons (Fsp3) is 0.571. The molecule has 0 amide bonds. The van der Waals surface area contributed by atoms with Gasteiger partial charge >= 0.3 is 0 Å². The molecule has 1 aliphatic carbocycles. The summed E-state index contributed by atoms with van der Waals surface area (Å²) >= 11 is 0. The lowest BCUT2D eigenvalue weighted by atomic mass is 9.90. The monoisotopic (exact) mass is 396 g/mol. The predicted molar refractivity (Wildman–Crippen MR) is 107 cm³/mol. The van der Waals surface area contributed by atoms with Gasteiger partial charge in [0.15, 0.2) is 17.5 Å². The van der Waals surface area contributed by atoms with Crippen LogP contribution in [0.25, 0.3) is 0 Å². The van der Waals surface area contributed by atoms with Crippen molar-refractivity contribution >= 4 is 5.71 Å². The molecule has 0 saturated carbocycles. The first-order valence-electron chi connectivity index (χ1n) is 9.89. The van der Waals surface area contributed by atoms with Crippen molar-refractivity contribution in [3.05, 3.63) is 47.3 Å². The van der Waals surface area contributed by atoms with E-state index in [9.17, 15) is 13.2 Å². The Morgan fingerprint density at radius 2 is 1.96 bits per heavy atom. The van der Waals surface area contributed by atoms with Gasteiger partial charge in [-0.3, -0.25) is 0 Å². The van der Waals surface area contributed by atoms with Gasteiger partial charge in [-0.05, 0) is 64.1 Å². The van der Waals surface area contributed by atoms with Crippen LogP contribution in [0.15, 0.2) is 24.3 Å². The second-order valence-electron chi connectivity index (χ2n) is 7.57. The molecule has 0 fully saturated rings. The standard InChI is InChI=1S/C21H31F3N4/c1-13(20(25)21(26)15-10-17(22)19(24)18(23)11-15)28-12-16(27-2)9-8-14-6-4-3-5-7-14/h4,6,10-11,13-14,16,20,26-28H,3,5,7-9,12,25H2,1-2H3. The highest BCUT2D eigenvalue weighted by Gasteiger charge is 2.22. The van der Waals surface area contributed by atoms with Crippen LogP contribution in [0.1, 0.15) is 44.6 Å². The van der Waals surface area contributed by atoms with E-state index in [1.807, 2.05) is 14.0 Å². The largest absolute Gasteiger partial charge is 0.321 e. The second-order valence-corrected chi connectivity index (χ2v) is 7.57. The number of nitrogens with one attached hydrogen (secondary N) is 3. The maximum atomic E-state index is 13.4. The van der Waals surface area contributed by atoms with Crippen LogP contribution in [0, 0.1) is 28.8 Å². The van der Waals surface area contributed by atoms with E-state index in [-0.39, 0.29) is 23.4 Å². The molecule has 2 rings (SSSR count). The van der Waals surface area contributed by atoms with Gasteiger partial charge in [0.2, 0.25) is 0 Å². The Morgan fingerprint density at radius 1 is 1.29 bits per heavy atom. The van der Waals surface area contributed by atoms with Crippen LogP contribution in [-0.2, 0) is 0 Å². The third kappa shape index (κ3) is 6.15. The number of nitrogens with two attached hydrogens (primary N) is 1. The van der Waals surface area contributed by atoms with E-state index < -0.39 is 23.5 Å². The van der Waals surface area contributed by atoms with Crippen LogP contribution in [0.3, 0.4) is 0 Å². The Balaban J connectivity index is 1.86. The van der Waals surface area contributed by atoms with Crippen molar-refractivity contribution in [1.82, 2.24) is 10.6 Å².